The first-order valence-corrected chi connectivity index (χ1v) is 14.2. The third-order valence-corrected chi connectivity index (χ3v) is 7.51. The van der Waals surface area contributed by atoms with Gasteiger partial charge in [-0.1, -0.05) is 41.7 Å². The highest BCUT2D eigenvalue weighted by Crippen LogP contribution is 2.26. The number of nitrogens with one attached hydrogen (secondary N) is 1. The van der Waals surface area contributed by atoms with Crippen molar-refractivity contribution in [3.8, 4) is 5.69 Å². The Bertz CT molecular complexity index is 1450. The van der Waals surface area contributed by atoms with Crippen molar-refractivity contribution in [2.24, 2.45) is 5.14 Å². The van der Waals surface area contributed by atoms with Crippen LogP contribution >= 0.6 is 23.5 Å². The number of rotatable bonds is 9. The summed E-state index contributed by atoms with van der Waals surface area (Å²) in [4.78, 5) is 21.5. The zero-order chi connectivity index (χ0) is 25.7. The van der Waals surface area contributed by atoms with E-state index in [1.165, 1.54) is 47.8 Å². The predicted octanol–water partition coefficient (Wildman–Crippen LogP) is 3.34. The molecule has 0 radical (unpaired) electrons. The fourth-order valence-corrected chi connectivity index (χ4v) is 5.41. The first kappa shape index (κ1) is 25.8. The molecule has 2 heterocycles. The lowest BCUT2D eigenvalue weighted by Crippen LogP contribution is -2.15. The van der Waals surface area contributed by atoms with E-state index in [1.54, 1.807) is 0 Å². The Balaban J connectivity index is 1.47. The molecule has 4 rings (SSSR count). The molecule has 0 saturated carbocycles. The minimum Gasteiger partial charge on any atom is -0.325 e. The number of sulfonamides is 1. The Kier molecular flexibility index (Phi) is 8.04. The van der Waals surface area contributed by atoms with E-state index in [-0.39, 0.29) is 16.6 Å². The van der Waals surface area contributed by atoms with Crippen molar-refractivity contribution in [2.45, 2.75) is 34.8 Å². The average molecular weight is 542 g/mol. The smallest absolute Gasteiger partial charge is 0.238 e. The first-order valence-electron chi connectivity index (χ1n) is 10.7. The second kappa shape index (κ2) is 11.2. The summed E-state index contributed by atoms with van der Waals surface area (Å²) >= 11 is 2.71. The van der Waals surface area contributed by atoms with Gasteiger partial charge in [-0.2, -0.15) is 0 Å². The van der Waals surface area contributed by atoms with Gasteiger partial charge in [0.05, 0.1) is 16.4 Å². The number of hydrogen-bond donors (Lipinski definition) is 2. The molecule has 0 bridgehead atoms. The number of anilines is 1. The van der Waals surface area contributed by atoms with Crippen LogP contribution in [0.3, 0.4) is 0 Å². The van der Waals surface area contributed by atoms with Crippen LogP contribution in [0.5, 0.6) is 0 Å². The summed E-state index contributed by atoms with van der Waals surface area (Å²) < 4.78 is 24.7. The van der Waals surface area contributed by atoms with Gasteiger partial charge in [-0.25, -0.2) is 23.5 Å². The molecule has 186 valence electrons. The molecule has 0 aliphatic carbocycles. The lowest BCUT2D eigenvalue weighted by molar-refractivity contribution is -0.113. The van der Waals surface area contributed by atoms with Crippen LogP contribution in [-0.2, 0) is 20.6 Å². The maximum atomic E-state index is 12.5. The first-order chi connectivity index (χ1) is 17.2. The minimum atomic E-state index is -3.79. The number of thioether (sulfide) groups is 2. The highest BCUT2D eigenvalue weighted by molar-refractivity contribution is 7.99. The Hall–Kier alpha value is -3.26. The van der Waals surface area contributed by atoms with Crippen molar-refractivity contribution in [2.75, 3.05) is 11.1 Å². The number of benzene rings is 2. The van der Waals surface area contributed by atoms with E-state index >= 15 is 0 Å². The number of amides is 1. The number of carbonyl (C=O) groups excluding carboxylic acids is 1. The summed E-state index contributed by atoms with van der Waals surface area (Å²) in [6.07, 6.45) is 0. The number of aromatic nitrogens is 5. The van der Waals surface area contributed by atoms with Gasteiger partial charge in [-0.3, -0.25) is 9.36 Å². The van der Waals surface area contributed by atoms with Gasteiger partial charge in [0.1, 0.15) is 5.82 Å². The molecule has 13 heteroatoms. The van der Waals surface area contributed by atoms with Gasteiger partial charge in [0.15, 0.2) is 10.3 Å². The van der Waals surface area contributed by atoms with Gasteiger partial charge < -0.3 is 5.32 Å². The van der Waals surface area contributed by atoms with Crippen LogP contribution in [0.1, 0.15) is 17.2 Å². The van der Waals surface area contributed by atoms with Gasteiger partial charge in [0.2, 0.25) is 15.9 Å². The fraction of sp³-hybridized carbons (Fsp3) is 0.174. The van der Waals surface area contributed by atoms with Crippen LogP contribution in [0, 0.1) is 13.8 Å². The van der Waals surface area contributed by atoms with E-state index in [9.17, 15) is 13.2 Å². The van der Waals surface area contributed by atoms with Gasteiger partial charge in [-0.15, -0.1) is 10.2 Å². The van der Waals surface area contributed by atoms with Gasteiger partial charge >= 0.3 is 0 Å². The minimum absolute atomic E-state index is 0.0255. The molecule has 0 aliphatic rings. The summed E-state index contributed by atoms with van der Waals surface area (Å²) in [7, 11) is -3.79. The average Bonchev–Trinajstić information content (AvgIpc) is 3.24. The number of carbonyl (C=O) groups is 1. The Morgan fingerprint density at radius 3 is 2.28 bits per heavy atom. The normalized spacial score (nSPS) is 11.4. The van der Waals surface area contributed by atoms with Crippen LogP contribution < -0.4 is 10.5 Å². The Morgan fingerprint density at radius 1 is 0.972 bits per heavy atom. The topological polar surface area (TPSA) is 146 Å². The molecule has 1 amide bonds. The zero-order valence-electron chi connectivity index (χ0n) is 19.5. The molecule has 0 aliphatic heterocycles. The fourth-order valence-electron chi connectivity index (χ4n) is 3.27. The van der Waals surface area contributed by atoms with Crippen LogP contribution in [0.15, 0.2) is 75.9 Å². The van der Waals surface area contributed by atoms with Crippen LogP contribution in [0.2, 0.25) is 0 Å². The van der Waals surface area contributed by atoms with E-state index in [2.05, 4.69) is 25.5 Å². The molecule has 36 heavy (non-hydrogen) atoms. The molecule has 4 aromatic rings. The largest absolute Gasteiger partial charge is 0.325 e. The maximum absolute atomic E-state index is 12.5. The lowest BCUT2D eigenvalue weighted by atomic mass is 10.3. The third kappa shape index (κ3) is 6.69. The Labute approximate surface area is 217 Å². The second-order valence-corrected chi connectivity index (χ2v) is 11.1. The van der Waals surface area contributed by atoms with E-state index in [0.717, 1.165) is 17.1 Å². The zero-order valence-corrected chi connectivity index (χ0v) is 21.9. The quantitative estimate of drug-likeness (QED) is 0.241. The van der Waals surface area contributed by atoms with Crippen molar-refractivity contribution in [3.05, 3.63) is 77.9 Å². The molecule has 2 aromatic carbocycles. The Morgan fingerprint density at radius 2 is 1.64 bits per heavy atom. The lowest BCUT2D eigenvalue weighted by Gasteiger charge is -2.10. The molecule has 0 saturated heterocycles. The summed E-state index contributed by atoms with van der Waals surface area (Å²) in [6, 6.07) is 17.2. The van der Waals surface area contributed by atoms with Crippen molar-refractivity contribution >= 4 is 45.1 Å². The standard InChI is InChI=1S/C23H23N7O3S3/c1-15-12-16(2)26-22(25-15)34-13-20-28-29-23(30(20)18-6-4-3-5-7-18)35-14-21(31)27-17-8-10-19(11-9-17)36(24,32)33/h3-12H,13-14H2,1-2H3,(H,27,31)(H2,24,32,33). The summed E-state index contributed by atoms with van der Waals surface area (Å²) in [5, 5.41) is 17.8. The van der Waals surface area contributed by atoms with Gasteiger partial charge in [0.25, 0.3) is 0 Å². The van der Waals surface area contributed by atoms with Gasteiger partial charge in [0, 0.05) is 22.8 Å². The number of aryl methyl sites for hydroxylation is 2. The summed E-state index contributed by atoms with van der Waals surface area (Å²) in [6.45, 7) is 3.86. The maximum Gasteiger partial charge on any atom is 0.238 e. The predicted molar refractivity (Wildman–Crippen MR) is 140 cm³/mol. The molecule has 0 atom stereocenters. The van der Waals surface area contributed by atoms with E-state index in [1.807, 2.05) is 54.8 Å². The summed E-state index contributed by atoms with van der Waals surface area (Å²) in [5.74, 6) is 1.00. The van der Waals surface area contributed by atoms with Crippen LogP contribution in [-0.4, -0.2) is 44.8 Å². The molecule has 0 unspecified atom stereocenters. The SMILES string of the molecule is Cc1cc(C)nc(SCc2nnc(SCC(=O)Nc3ccc(S(N)(=O)=O)cc3)n2-c2ccccc2)n1. The molecule has 0 fully saturated rings. The molecular formula is C23H23N7O3S3. The van der Waals surface area contributed by atoms with Crippen molar-refractivity contribution in [3.63, 3.8) is 0 Å². The van der Waals surface area contributed by atoms with Gasteiger partial charge in [-0.05, 0) is 56.3 Å². The molecular weight excluding hydrogens is 519 g/mol. The van der Waals surface area contributed by atoms with Crippen molar-refractivity contribution in [1.29, 1.82) is 0 Å². The number of primary sulfonamides is 1. The highest BCUT2D eigenvalue weighted by atomic mass is 32.2. The van der Waals surface area contributed by atoms with Crippen LogP contribution in [0.4, 0.5) is 5.69 Å². The third-order valence-electron chi connectivity index (χ3n) is 4.81. The number of nitrogens with zero attached hydrogens (tertiary/aromatic N) is 5. The second-order valence-electron chi connectivity index (χ2n) is 7.70. The summed E-state index contributed by atoms with van der Waals surface area (Å²) in [5.41, 5.74) is 3.14. The van der Waals surface area contributed by atoms with Crippen LogP contribution in [0.25, 0.3) is 5.69 Å². The molecule has 3 N–H and O–H groups in total. The van der Waals surface area contributed by atoms with Crippen molar-refractivity contribution < 1.29 is 13.2 Å². The molecule has 10 nitrogen and oxygen atoms in total. The monoisotopic (exact) mass is 541 g/mol. The van der Waals surface area contributed by atoms with Crippen molar-refractivity contribution in [1.82, 2.24) is 24.7 Å². The number of nitrogens with two attached hydrogens (primary N) is 1. The van der Waals surface area contributed by atoms with E-state index < -0.39 is 10.0 Å². The number of hydrogen-bond acceptors (Lipinski definition) is 9. The number of para-hydroxylation sites is 1. The highest BCUT2D eigenvalue weighted by Gasteiger charge is 2.17. The van der Waals surface area contributed by atoms with E-state index in [0.29, 0.717) is 27.6 Å². The molecule has 2 aromatic heterocycles. The van der Waals surface area contributed by atoms with E-state index in [4.69, 9.17) is 5.14 Å². The molecule has 0 spiro atoms.